The van der Waals surface area contributed by atoms with E-state index in [1.165, 1.54) is 11.1 Å². The molecule has 0 fully saturated rings. The first kappa shape index (κ1) is 12.2. The molecule has 0 bridgehead atoms. The molecule has 2 aromatic carbocycles. The molecule has 2 heteroatoms. The largest absolute Gasteiger partial charge is 0.380 e. The van der Waals surface area contributed by atoms with Crippen LogP contribution < -0.4 is 0 Å². The molecule has 0 heterocycles. The van der Waals surface area contributed by atoms with Crippen LogP contribution in [-0.4, -0.2) is 7.11 Å². The van der Waals surface area contributed by atoms with Crippen molar-refractivity contribution < 1.29 is 4.74 Å². The van der Waals surface area contributed by atoms with Gasteiger partial charge in [-0.25, -0.2) is 0 Å². The van der Waals surface area contributed by atoms with Gasteiger partial charge in [-0.3, -0.25) is 0 Å². The molecule has 0 atom stereocenters. The number of aryl methyl sites for hydroxylation is 1. The number of hydrogen-bond acceptors (Lipinski definition) is 1. The molecule has 0 saturated carbocycles. The van der Waals surface area contributed by atoms with Crippen LogP contribution in [0.3, 0.4) is 0 Å². The molecule has 2 rings (SSSR count). The summed E-state index contributed by atoms with van der Waals surface area (Å²) in [5, 5.41) is 0.755. The summed E-state index contributed by atoms with van der Waals surface area (Å²) in [4.78, 5) is 0. The van der Waals surface area contributed by atoms with Gasteiger partial charge in [-0.2, -0.15) is 0 Å². The fourth-order valence-corrected chi connectivity index (χ4v) is 1.98. The van der Waals surface area contributed by atoms with Gasteiger partial charge in [0.15, 0.2) is 0 Å². The van der Waals surface area contributed by atoms with E-state index in [0.29, 0.717) is 6.61 Å². The predicted molar refractivity (Wildman–Crippen MR) is 72.3 cm³/mol. The fraction of sp³-hybridized carbons (Fsp3) is 0.200. The van der Waals surface area contributed by atoms with E-state index in [2.05, 4.69) is 37.3 Å². The Morgan fingerprint density at radius 3 is 2.24 bits per heavy atom. The van der Waals surface area contributed by atoms with Crippen LogP contribution in [-0.2, 0) is 11.3 Å². The Kier molecular flexibility index (Phi) is 3.82. The monoisotopic (exact) mass is 246 g/mol. The Morgan fingerprint density at radius 1 is 1.00 bits per heavy atom. The van der Waals surface area contributed by atoms with E-state index in [-0.39, 0.29) is 0 Å². The molecule has 0 spiro atoms. The Morgan fingerprint density at radius 2 is 1.65 bits per heavy atom. The SMILES string of the molecule is COCc1ccc(-c2ccc(C)cc2)cc1Cl. The van der Waals surface area contributed by atoms with Gasteiger partial charge < -0.3 is 4.74 Å². The molecule has 0 aliphatic heterocycles. The molecule has 0 aliphatic carbocycles. The summed E-state index contributed by atoms with van der Waals surface area (Å²) in [5.74, 6) is 0. The molecule has 0 aromatic heterocycles. The van der Waals surface area contributed by atoms with Crippen molar-refractivity contribution in [3.8, 4) is 11.1 Å². The zero-order valence-electron chi connectivity index (χ0n) is 10.0. The van der Waals surface area contributed by atoms with E-state index < -0.39 is 0 Å². The maximum atomic E-state index is 6.21. The van der Waals surface area contributed by atoms with Gasteiger partial charge in [0.25, 0.3) is 0 Å². The second-order valence-electron chi connectivity index (χ2n) is 4.11. The summed E-state index contributed by atoms with van der Waals surface area (Å²) in [6, 6.07) is 14.5. The summed E-state index contributed by atoms with van der Waals surface area (Å²) in [7, 11) is 1.67. The van der Waals surface area contributed by atoms with Crippen molar-refractivity contribution in [2.45, 2.75) is 13.5 Å². The Balaban J connectivity index is 2.34. The zero-order chi connectivity index (χ0) is 12.3. The van der Waals surface area contributed by atoms with Gasteiger partial charge in [-0.15, -0.1) is 0 Å². The van der Waals surface area contributed by atoms with Crippen molar-refractivity contribution in [1.82, 2.24) is 0 Å². The maximum absolute atomic E-state index is 6.21. The standard InChI is InChI=1S/C15H15ClO/c1-11-3-5-12(6-4-11)13-7-8-14(10-17-2)15(16)9-13/h3-9H,10H2,1-2H3. The van der Waals surface area contributed by atoms with Crippen LogP contribution in [0, 0.1) is 6.92 Å². The van der Waals surface area contributed by atoms with Gasteiger partial charge in [0, 0.05) is 12.1 Å². The summed E-state index contributed by atoms with van der Waals surface area (Å²) in [6.45, 7) is 2.63. The summed E-state index contributed by atoms with van der Waals surface area (Å²) in [5.41, 5.74) is 4.59. The number of halogens is 1. The van der Waals surface area contributed by atoms with Crippen molar-refractivity contribution >= 4 is 11.6 Å². The maximum Gasteiger partial charge on any atom is 0.0727 e. The summed E-state index contributed by atoms with van der Waals surface area (Å²) in [6.07, 6.45) is 0. The van der Waals surface area contributed by atoms with Crippen molar-refractivity contribution in [3.05, 3.63) is 58.6 Å². The van der Waals surface area contributed by atoms with Gasteiger partial charge in [-0.1, -0.05) is 53.6 Å². The molecule has 0 N–H and O–H groups in total. The Bertz CT molecular complexity index is 503. The second-order valence-corrected chi connectivity index (χ2v) is 4.51. The number of rotatable bonds is 3. The third kappa shape index (κ3) is 2.87. The number of benzene rings is 2. The number of ether oxygens (including phenoxy) is 1. The average molecular weight is 247 g/mol. The molecule has 2 aromatic rings. The minimum Gasteiger partial charge on any atom is -0.380 e. The van der Waals surface area contributed by atoms with Gasteiger partial charge in [0.1, 0.15) is 0 Å². The highest BCUT2D eigenvalue weighted by molar-refractivity contribution is 6.31. The van der Waals surface area contributed by atoms with Crippen molar-refractivity contribution in [2.24, 2.45) is 0 Å². The van der Waals surface area contributed by atoms with E-state index in [0.717, 1.165) is 16.1 Å². The molecule has 0 unspecified atom stereocenters. The topological polar surface area (TPSA) is 9.23 Å². The van der Waals surface area contributed by atoms with Crippen LogP contribution in [0.5, 0.6) is 0 Å². The lowest BCUT2D eigenvalue weighted by atomic mass is 10.0. The molecule has 0 amide bonds. The van der Waals surface area contributed by atoms with Crippen LogP contribution in [0.4, 0.5) is 0 Å². The molecule has 17 heavy (non-hydrogen) atoms. The minimum atomic E-state index is 0.549. The van der Waals surface area contributed by atoms with Crippen LogP contribution in [0.15, 0.2) is 42.5 Å². The third-order valence-corrected chi connectivity index (χ3v) is 3.09. The minimum absolute atomic E-state index is 0.549. The van der Waals surface area contributed by atoms with Crippen LogP contribution in [0.25, 0.3) is 11.1 Å². The normalized spacial score (nSPS) is 10.5. The van der Waals surface area contributed by atoms with E-state index >= 15 is 0 Å². The first-order valence-corrected chi connectivity index (χ1v) is 5.93. The van der Waals surface area contributed by atoms with Crippen molar-refractivity contribution in [3.63, 3.8) is 0 Å². The number of hydrogen-bond donors (Lipinski definition) is 0. The highest BCUT2D eigenvalue weighted by Crippen LogP contribution is 2.26. The lowest BCUT2D eigenvalue weighted by Crippen LogP contribution is -1.89. The van der Waals surface area contributed by atoms with Gasteiger partial charge in [-0.05, 0) is 29.7 Å². The molecular formula is C15H15ClO. The second kappa shape index (κ2) is 5.35. The summed E-state index contributed by atoms with van der Waals surface area (Å²) < 4.78 is 5.09. The molecule has 0 radical (unpaired) electrons. The highest BCUT2D eigenvalue weighted by atomic mass is 35.5. The van der Waals surface area contributed by atoms with Crippen LogP contribution in [0.1, 0.15) is 11.1 Å². The predicted octanol–water partition coefficient (Wildman–Crippen LogP) is 4.46. The van der Waals surface area contributed by atoms with Gasteiger partial charge >= 0.3 is 0 Å². The van der Waals surface area contributed by atoms with E-state index in [1.54, 1.807) is 7.11 Å². The molecular weight excluding hydrogens is 232 g/mol. The average Bonchev–Trinajstić information content (AvgIpc) is 2.33. The van der Waals surface area contributed by atoms with Gasteiger partial charge in [0.2, 0.25) is 0 Å². The lowest BCUT2D eigenvalue weighted by Gasteiger charge is -2.07. The van der Waals surface area contributed by atoms with Crippen molar-refractivity contribution in [2.75, 3.05) is 7.11 Å². The molecule has 0 aliphatic rings. The van der Waals surface area contributed by atoms with Gasteiger partial charge in [0.05, 0.1) is 6.61 Å². The van der Waals surface area contributed by atoms with E-state index in [1.807, 2.05) is 12.1 Å². The fourth-order valence-electron chi connectivity index (χ4n) is 1.75. The van der Waals surface area contributed by atoms with Crippen molar-refractivity contribution in [1.29, 1.82) is 0 Å². The Labute approximate surface area is 107 Å². The smallest absolute Gasteiger partial charge is 0.0727 e. The van der Waals surface area contributed by atoms with Crippen LogP contribution in [0.2, 0.25) is 5.02 Å². The highest BCUT2D eigenvalue weighted by Gasteiger charge is 2.03. The lowest BCUT2D eigenvalue weighted by molar-refractivity contribution is 0.185. The van der Waals surface area contributed by atoms with E-state index in [4.69, 9.17) is 16.3 Å². The third-order valence-electron chi connectivity index (χ3n) is 2.74. The summed E-state index contributed by atoms with van der Waals surface area (Å²) >= 11 is 6.21. The zero-order valence-corrected chi connectivity index (χ0v) is 10.8. The Hall–Kier alpha value is -1.31. The molecule has 1 nitrogen and oxygen atoms in total. The molecule has 88 valence electrons. The van der Waals surface area contributed by atoms with Crippen LogP contribution >= 0.6 is 11.6 Å². The van der Waals surface area contributed by atoms with E-state index in [9.17, 15) is 0 Å². The molecule has 0 saturated heterocycles. The number of methoxy groups -OCH3 is 1. The first-order valence-electron chi connectivity index (χ1n) is 5.55. The first-order chi connectivity index (χ1) is 8.20. The quantitative estimate of drug-likeness (QED) is 0.777.